The van der Waals surface area contributed by atoms with Gasteiger partial charge in [0.25, 0.3) is 0 Å². The monoisotopic (exact) mass is 773 g/mol. The van der Waals surface area contributed by atoms with E-state index in [2.05, 4.69) is 5.32 Å². The van der Waals surface area contributed by atoms with Crippen molar-refractivity contribution in [2.45, 2.75) is 20.8 Å². The van der Waals surface area contributed by atoms with Crippen LogP contribution in [0.1, 0.15) is 41.5 Å². The number of carbonyl (C=O) groups excluding carboxylic acids is 5. The highest BCUT2D eigenvalue weighted by Gasteiger charge is 2.30. The van der Waals surface area contributed by atoms with E-state index in [9.17, 15) is 24.0 Å². The van der Waals surface area contributed by atoms with E-state index in [1.807, 2.05) is 45.2 Å². The van der Waals surface area contributed by atoms with Gasteiger partial charge in [0.1, 0.15) is 0 Å². The SMILES string of the molecule is CCOC(=O)COC(=O)c1c(I)c(NC(C)=O)c(I)c(C(=O)OCC(=O)OCC)c1I. The Kier molecular flexibility index (Phi) is 12.0. The van der Waals surface area contributed by atoms with Gasteiger partial charge in [-0.3, -0.25) is 4.79 Å². The molecule has 1 aromatic carbocycles. The Balaban J connectivity index is 3.39. The zero-order valence-corrected chi connectivity index (χ0v) is 23.1. The summed E-state index contributed by atoms with van der Waals surface area (Å²) in [6.07, 6.45) is 0. The van der Waals surface area contributed by atoms with Crippen LogP contribution >= 0.6 is 67.8 Å². The average molecular weight is 773 g/mol. The Morgan fingerprint density at radius 2 is 1.10 bits per heavy atom. The van der Waals surface area contributed by atoms with Crippen LogP contribution < -0.4 is 5.32 Å². The molecule has 0 atom stereocenters. The molecule has 0 heterocycles. The molecule has 1 amide bonds. The van der Waals surface area contributed by atoms with Crippen LogP contribution in [0.25, 0.3) is 0 Å². The fourth-order valence-electron chi connectivity index (χ4n) is 2.11. The summed E-state index contributed by atoms with van der Waals surface area (Å²) in [5, 5.41) is 2.57. The van der Waals surface area contributed by atoms with Gasteiger partial charge in [0.05, 0.1) is 37.2 Å². The van der Waals surface area contributed by atoms with E-state index >= 15 is 0 Å². The molecule has 1 aromatic rings. The number of esters is 4. The van der Waals surface area contributed by atoms with Crippen molar-refractivity contribution in [2.24, 2.45) is 0 Å². The number of nitrogens with one attached hydrogen (secondary N) is 1. The molecule has 0 unspecified atom stereocenters. The van der Waals surface area contributed by atoms with E-state index in [4.69, 9.17) is 18.9 Å². The fourth-order valence-corrected chi connectivity index (χ4v) is 6.42. The van der Waals surface area contributed by atoms with Gasteiger partial charge in [0, 0.05) is 10.5 Å². The van der Waals surface area contributed by atoms with Gasteiger partial charge in [0.15, 0.2) is 13.2 Å². The zero-order valence-electron chi connectivity index (χ0n) is 16.6. The van der Waals surface area contributed by atoms with E-state index in [0.29, 0.717) is 7.14 Å². The van der Waals surface area contributed by atoms with Gasteiger partial charge in [-0.15, -0.1) is 0 Å². The number of amides is 1. The van der Waals surface area contributed by atoms with Crippen LogP contribution in [0.2, 0.25) is 0 Å². The van der Waals surface area contributed by atoms with E-state index in [0.717, 1.165) is 0 Å². The van der Waals surface area contributed by atoms with Gasteiger partial charge in [-0.2, -0.15) is 0 Å². The van der Waals surface area contributed by atoms with Crippen LogP contribution in [0.4, 0.5) is 5.69 Å². The van der Waals surface area contributed by atoms with Gasteiger partial charge in [0.2, 0.25) is 5.91 Å². The number of halogens is 3. The van der Waals surface area contributed by atoms with Crippen LogP contribution in [-0.4, -0.2) is 56.2 Å². The number of carbonyl (C=O) groups is 5. The second kappa shape index (κ2) is 13.3. The molecule has 31 heavy (non-hydrogen) atoms. The average Bonchev–Trinajstić information content (AvgIpc) is 2.68. The number of hydrogen-bond donors (Lipinski definition) is 1. The standard InChI is InChI=1S/C18H18I3NO9/c1-4-28-9(24)6-30-17(26)11-13(19)12(18(27)31-7-10(25)29-5-2)15(21)16(14(11)20)22-8(3)23/h4-7H2,1-3H3,(H,22,23). The molecular formula is C18H18I3NO9. The lowest BCUT2D eigenvalue weighted by atomic mass is 10.1. The largest absolute Gasteiger partial charge is 0.463 e. The van der Waals surface area contributed by atoms with E-state index < -0.39 is 43.0 Å². The molecule has 0 aliphatic rings. The Morgan fingerprint density at radius 3 is 1.42 bits per heavy atom. The number of benzene rings is 1. The lowest BCUT2D eigenvalue weighted by Crippen LogP contribution is -2.23. The molecule has 0 aliphatic carbocycles. The predicted molar refractivity (Wildman–Crippen MR) is 133 cm³/mol. The topological polar surface area (TPSA) is 134 Å². The maximum Gasteiger partial charge on any atom is 0.344 e. The highest BCUT2D eigenvalue weighted by Crippen LogP contribution is 2.36. The van der Waals surface area contributed by atoms with Crippen molar-refractivity contribution >= 4 is 103 Å². The summed E-state index contributed by atoms with van der Waals surface area (Å²) in [5.41, 5.74) is 0.107. The van der Waals surface area contributed by atoms with Crippen molar-refractivity contribution in [1.29, 1.82) is 0 Å². The normalized spacial score (nSPS) is 10.1. The Morgan fingerprint density at radius 1 is 0.710 bits per heavy atom. The summed E-state index contributed by atoms with van der Waals surface area (Å²) < 4.78 is 20.2. The molecule has 0 aromatic heterocycles. The highest BCUT2D eigenvalue weighted by molar-refractivity contribution is 14.1. The van der Waals surface area contributed by atoms with Crippen molar-refractivity contribution in [3.63, 3.8) is 0 Å². The minimum Gasteiger partial charge on any atom is -0.463 e. The number of rotatable bonds is 9. The molecule has 1 rings (SSSR count). The van der Waals surface area contributed by atoms with E-state index in [1.165, 1.54) is 6.92 Å². The molecule has 0 saturated heterocycles. The van der Waals surface area contributed by atoms with Crippen molar-refractivity contribution in [3.05, 3.63) is 21.8 Å². The quantitative estimate of drug-likeness (QED) is 0.229. The third kappa shape index (κ3) is 7.99. The van der Waals surface area contributed by atoms with Crippen LogP contribution in [0.5, 0.6) is 0 Å². The highest BCUT2D eigenvalue weighted by atomic mass is 127. The maximum atomic E-state index is 12.7. The van der Waals surface area contributed by atoms with Gasteiger partial charge in [-0.25, -0.2) is 19.2 Å². The summed E-state index contributed by atoms with van der Waals surface area (Å²) in [7, 11) is 0. The van der Waals surface area contributed by atoms with E-state index in [-0.39, 0.29) is 33.6 Å². The molecule has 1 N–H and O–H groups in total. The van der Waals surface area contributed by atoms with Crippen LogP contribution in [0.15, 0.2) is 0 Å². The third-order valence-electron chi connectivity index (χ3n) is 3.28. The van der Waals surface area contributed by atoms with Crippen molar-refractivity contribution in [2.75, 3.05) is 31.7 Å². The summed E-state index contributed by atoms with van der Waals surface area (Å²) in [6.45, 7) is 3.49. The molecule has 170 valence electrons. The molecule has 0 fully saturated rings. The summed E-state index contributed by atoms with van der Waals surface area (Å²) in [4.78, 5) is 60.1. The Labute approximate surface area is 218 Å². The van der Waals surface area contributed by atoms with Crippen LogP contribution in [0.3, 0.4) is 0 Å². The van der Waals surface area contributed by atoms with Gasteiger partial charge in [-0.1, -0.05) is 0 Å². The van der Waals surface area contributed by atoms with Crippen molar-refractivity contribution in [3.8, 4) is 0 Å². The van der Waals surface area contributed by atoms with Crippen LogP contribution in [0, 0.1) is 10.7 Å². The van der Waals surface area contributed by atoms with Crippen molar-refractivity contribution < 1.29 is 42.9 Å². The second-order valence-electron chi connectivity index (χ2n) is 5.51. The predicted octanol–water partition coefficient (Wildman–Crippen LogP) is 2.90. The first-order chi connectivity index (χ1) is 14.5. The van der Waals surface area contributed by atoms with Gasteiger partial charge >= 0.3 is 23.9 Å². The lowest BCUT2D eigenvalue weighted by Gasteiger charge is -2.18. The van der Waals surface area contributed by atoms with Crippen LogP contribution in [-0.2, 0) is 33.3 Å². The molecule has 0 radical (unpaired) electrons. The van der Waals surface area contributed by atoms with Crippen molar-refractivity contribution in [1.82, 2.24) is 0 Å². The Bertz CT molecular complexity index is 841. The first-order valence-electron chi connectivity index (χ1n) is 8.68. The first-order valence-corrected chi connectivity index (χ1v) is 11.9. The first kappa shape index (κ1) is 27.8. The maximum absolute atomic E-state index is 12.7. The fraction of sp³-hybridized carbons (Fsp3) is 0.389. The van der Waals surface area contributed by atoms with Gasteiger partial charge < -0.3 is 24.3 Å². The second-order valence-corrected chi connectivity index (χ2v) is 8.75. The lowest BCUT2D eigenvalue weighted by molar-refractivity contribution is -0.147. The Hall–Kier alpha value is -1.24. The summed E-state index contributed by atoms with van der Waals surface area (Å²) >= 11 is 5.42. The smallest absolute Gasteiger partial charge is 0.344 e. The number of hydrogen-bond acceptors (Lipinski definition) is 9. The molecule has 13 heteroatoms. The number of anilines is 1. The van der Waals surface area contributed by atoms with E-state index in [1.54, 1.807) is 36.4 Å². The minimum absolute atomic E-state index is 0.0438. The molecule has 0 saturated carbocycles. The summed E-state index contributed by atoms with van der Waals surface area (Å²) in [6, 6.07) is 0. The van der Waals surface area contributed by atoms with Gasteiger partial charge in [-0.05, 0) is 81.6 Å². The molecular weight excluding hydrogens is 755 g/mol. The summed E-state index contributed by atoms with van der Waals surface area (Å²) in [5.74, 6) is -3.70. The molecule has 10 nitrogen and oxygen atoms in total. The molecule has 0 spiro atoms. The molecule has 0 bridgehead atoms. The minimum atomic E-state index is -0.899. The molecule has 0 aliphatic heterocycles. The number of ether oxygens (including phenoxy) is 4. The third-order valence-corrected chi connectivity index (χ3v) is 6.52. The zero-order chi connectivity index (χ0) is 23.7.